The van der Waals surface area contributed by atoms with E-state index in [-0.39, 0.29) is 29.5 Å². The van der Waals surface area contributed by atoms with E-state index in [4.69, 9.17) is 9.15 Å². The molecule has 2 aromatic rings. The molecule has 0 saturated heterocycles. The van der Waals surface area contributed by atoms with Gasteiger partial charge in [0, 0.05) is 0 Å². The van der Waals surface area contributed by atoms with Gasteiger partial charge in [0.25, 0.3) is 0 Å². The molecule has 0 aliphatic rings. The van der Waals surface area contributed by atoms with Crippen molar-refractivity contribution in [3.63, 3.8) is 0 Å². The zero-order chi connectivity index (χ0) is 17.7. The Labute approximate surface area is 141 Å². The summed E-state index contributed by atoms with van der Waals surface area (Å²) in [7, 11) is -3.76. The average Bonchev–Trinajstić information content (AvgIpc) is 3.04. The Kier molecular flexibility index (Phi) is 5.80. The van der Waals surface area contributed by atoms with Crippen LogP contribution in [0.3, 0.4) is 0 Å². The Morgan fingerprint density at radius 3 is 2.67 bits per heavy atom. The first-order valence-corrected chi connectivity index (χ1v) is 9.07. The van der Waals surface area contributed by atoms with Gasteiger partial charge in [-0.15, -0.1) is 0 Å². The first-order chi connectivity index (χ1) is 11.3. The number of sulfonamides is 1. The van der Waals surface area contributed by atoms with Crippen molar-refractivity contribution in [2.45, 2.75) is 32.2 Å². The molecular formula is C17H21NO5S. The molecule has 7 heteroatoms. The highest BCUT2D eigenvalue weighted by Gasteiger charge is 2.19. The Morgan fingerprint density at radius 1 is 1.29 bits per heavy atom. The molecule has 0 aliphatic carbocycles. The molecule has 0 aliphatic heterocycles. The minimum atomic E-state index is -3.76. The summed E-state index contributed by atoms with van der Waals surface area (Å²) in [4.78, 5) is 12.2. The van der Waals surface area contributed by atoms with E-state index in [1.165, 1.54) is 18.4 Å². The maximum atomic E-state index is 12.4. The summed E-state index contributed by atoms with van der Waals surface area (Å²) in [5.41, 5.74) is 0.908. The molecule has 1 aromatic heterocycles. The SMILES string of the molecule is Cc1ccc(S(=O)(=O)NCc2ccco2)cc1C(=O)OCC(C)C. The maximum Gasteiger partial charge on any atom is 0.338 e. The molecule has 0 atom stereocenters. The van der Waals surface area contributed by atoms with Crippen LogP contribution in [0.4, 0.5) is 0 Å². The van der Waals surface area contributed by atoms with E-state index in [0.29, 0.717) is 11.3 Å². The van der Waals surface area contributed by atoms with Crippen LogP contribution in [-0.4, -0.2) is 21.0 Å². The molecule has 24 heavy (non-hydrogen) atoms. The molecule has 1 aromatic carbocycles. The number of carbonyl (C=O) groups is 1. The second-order valence-corrected chi connectivity index (χ2v) is 7.64. The molecule has 1 N–H and O–H groups in total. The van der Waals surface area contributed by atoms with Crippen molar-refractivity contribution < 1.29 is 22.4 Å². The normalized spacial score (nSPS) is 11.7. The van der Waals surface area contributed by atoms with Gasteiger partial charge >= 0.3 is 5.97 Å². The lowest BCUT2D eigenvalue weighted by Crippen LogP contribution is -2.23. The minimum Gasteiger partial charge on any atom is -0.468 e. The standard InChI is InChI=1S/C17H21NO5S/c1-12(2)11-23-17(19)16-9-15(7-6-13(16)3)24(20,21)18-10-14-5-4-8-22-14/h4-9,12,18H,10-11H2,1-3H3. The molecule has 0 saturated carbocycles. The van der Waals surface area contributed by atoms with Crippen LogP contribution < -0.4 is 4.72 Å². The van der Waals surface area contributed by atoms with Crippen molar-refractivity contribution in [1.29, 1.82) is 0 Å². The van der Waals surface area contributed by atoms with Crippen molar-refractivity contribution in [3.05, 3.63) is 53.5 Å². The second-order valence-electron chi connectivity index (χ2n) is 5.87. The van der Waals surface area contributed by atoms with Gasteiger partial charge in [0.2, 0.25) is 10.0 Å². The number of furan rings is 1. The third kappa shape index (κ3) is 4.69. The van der Waals surface area contributed by atoms with Crippen molar-refractivity contribution in [2.75, 3.05) is 6.61 Å². The summed E-state index contributed by atoms with van der Waals surface area (Å²) in [6, 6.07) is 7.74. The molecule has 0 bridgehead atoms. The van der Waals surface area contributed by atoms with Crippen LogP contribution in [0.15, 0.2) is 45.9 Å². The first kappa shape index (κ1) is 18.2. The number of nitrogens with one attached hydrogen (secondary N) is 1. The van der Waals surface area contributed by atoms with Gasteiger partial charge in [-0.3, -0.25) is 0 Å². The Morgan fingerprint density at radius 2 is 2.04 bits per heavy atom. The summed E-state index contributed by atoms with van der Waals surface area (Å²) in [5, 5.41) is 0. The van der Waals surface area contributed by atoms with Gasteiger partial charge < -0.3 is 9.15 Å². The Balaban J connectivity index is 2.18. The Bertz CT molecular complexity index is 794. The van der Waals surface area contributed by atoms with E-state index < -0.39 is 16.0 Å². The average molecular weight is 351 g/mol. The predicted octanol–water partition coefficient (Wildman–Crippen LogP) is 2.88. The fourth-order valence-corrected chi connectivity index (χ4v) is 2.99. The highest BCUT2D eigenvalue weighted by atomic mass is 32.2. The van der Waals surface area contributed by atoms with Gasteiger partial charge in [-0.2, -0.15) is 0 Å². The van der Waals surface area contributed by atoms with Crippen molar-refractivity contribution in [3.8, 4) is 0 Å². The van der Waals surface area contributed by atoms with E-state index in [1.807, 2.05) is 13.8 Å². The summed E-state index contributed by atoms with van der Waals surface area (Å²) >= 11 is 0. The number of hydrogen-bond acceptors (Lipinski definition) is 5. The van der Waals surface area contributed by atoms with E-state index in [2.05, 4.69) is 4.72 Å². The van der Waals surface area contributed by atoms with Gasteiger partial charge in [0.1, 0.15) is 5.76 Å². The number of hydrogen-bond donors (Lipinski definition) is 1. The number of benzene rings is 1. The van der Waals surface area contributed by atoms with Gasteiger partial charge in [0.05, 0.1) is 29.9 Å². The van der Waals surface area contributed by atoms with Crippen molar-refractivity contribution in [1.82, 2.24) is 4.72 Å². The summed E-state index contributed by atoms with van der Waals surface area (Å²) < 4.78 is 37.5. The molecule has 0 unspecified atom stereocenters. The molecule has 0 spiro atoms. The lowest BCUT2D eigenvalue weighted by Gasteiger charge is -2.11. The zero-order valence-electron chi connectivity index (χ0n) is 13.9. The molecular weight excluding hydrogens is 330 g/mol. The molecule has 0 fully saturated rings. The summed E-state index contributed by atoms with van der Waals surface area (Å²) in [6.45, 7) is 5.92. The van der Waals surface area contributed by atoms with Crippen molar-refractivity contribution >= 4 is 16.0 Å². The monoisotopic (exact) mass is 351 g/mol. The first-order valence-electron chi connectivity index (χ1n) is 7.59. The molecule has 6 nitrogen and oxygen atoms in total. The molecule has 0 radical (unpaired) electrons. The summed E-state index contributed by atoms with van der Waals surface area (Å²) in [6.07, 6.45) is 1.47. The van der Waals surface area contributed by atoms with Crippen LogP contribution >= 0.6 is 0 Å². The Hall–Kier alpha value is -2.12. The summed E-state index contributed by atoms with van der Waals surface area (Å²) in [5.74, 6) is 0.183. The third-order valence-electron chi connectivity index (χ3n) is 3.30. The van der Waals surface area contributed by atoms with E-state index in [1.54, 1.807) is 25.1 Å². The zero-order valence-corrected chi connectivity index (χ0v) is 14.7. The van der Waals surface area contributed by atoms with E-state index >= 15 is 0 Å². The highest BCUT2D eigenvalue weighted by Crippen LogP contribution is 2.17. The van der Waals surface area contributed by atoms with E-state index in [9.17, 15) is 13.2 Å². The van der Waals surface area contributed by atoms with Crippen molar-refractivity contribution in [2.24, 2.45) is 5.92 Å². The highest BCUT2D eigenvalue weighted by molar-refractivity contribution is 7.89. The van der Waals surface area contributed by atoms with Crippen LogP contribution in [0.25, 0.3) is 0 Å². The number of aryl methyl sites for hydroxylation is 1. The maximum absolute atomic E-state index is 12.4. The van der Waals surface area contributed by atoms with Crippen LogP contribution in [0.2, 0.25) is 0 Å². The number of carbonyl (C=O) groups excluding carboxylic acids is 1. The molecule has 0 amide bonds. The topological polar surface area (TPSA) is 85.6 Å². The largest absolute Gasteiger partial charge is 0.468 e. The lowest BCUT2D eigenvalue weighted by atomic mass is 10.1. The van der Waals surface area contributed by atoms with Crippen LogP contribution in [0.1, 0.15) is 35.5 Å². The predicted molar refractivity (Wildman–Crippen MR) is 89.0 cm³/mol. The quantitative estimate of drug-likeness (QED) is 0.775. The van der Waals surface area contributed by atoms with Crippen LogP contribution in [0, 0.1) is 12.8 Å². The molecule has 1 heterocycles. The van der Waals surface area contributed by atoms with Gasteiger partial charge in [-0.25, -0.2) is 17.9 Å². The van der Waals surface area contributed by atoms with Gasteiger partial charge in [-0.1, -0.05) is 19.9 Å². The number of ether oxygens (including phenoxy) is 1. The number of esters is 1. The smallest absolute Gasteiger partial charge is 0.338 e. The second kappa shape index (κ2) is 7.63. The fraction of sp³-hybridized carbons (Fsp3) is 0.353. The van der Waals surface area contributed by atoms with E-state index in [0.717, 1.165) is 0 Å². The lowest BCUT2D eigenvalue weighted by molar-refractivity contribution is 0.0458. The van der Waals surface area contributed by atoms with Gasteiger partial charge in [0.15, 0.2) is 0 Å². The van der Waals surface area contributed by atoms with Gasteiger partial charge in [-0.05, 0) is 42.7 Å². The van der Waals surface area contributed by atoms with Crippen LogP contribution in [0.5, 0.6) is 0 Å². The number of rotatable bonds is 7. The molecule has 2 rings (SSSR count). The molecule has 130 valence electrons. The fourth-order valence-electron chi connectivity index (χ4n) is 1.97. The minimum absolute atomic E-state index is 0.0103. The third-order valence-corrected chi connectivity index (χ3v) is 4.70. The van der Waals surface area contributed by atoms with Crippen LogP contribution in [-0.2, 0) is 21.3 Å².